The molecule has 0 fully saturated rings. The molecule has 2 heterocycles. The molecule has 112 valence electrons. The van der Waals surface area contributed by atoms with Crippen LogP contribution >= 0.6 is 0 Å². The Morgan fingerprint density at radius 3 is 2.59 bits per heavy atom. The number of alkyl halides is 3. The number of nitrogens with zero attached hydrogens (tertiary/aromatic N) is 3. The second kappa shape index (κ2) is 4.83. The third kappa shape index (κ3) is 2.18. The first-order chi connectivity index (χ1) is 10.4. The standard InChI is InChI=1S/C14H8F3N3O2/c15-14(16,17)9-5-2-1-4-8(9)11-10(13(21)22)12-18-6-3-7-20(12)19-11/h1-7H,(H,21,22). The number of halogens is 3. The highest BCUT2D eigenvalue weighted by Gasteiger charge is 2.35. The molecule has 0 amide bonds. The molecule has 0 aliphatic rings. The van der Waals surface area contributed by atoms with Crippen molar-refractivity contribution >= 4 is 11.6 Å². The van der Waals surface area contributed by atoms with Crippen molar-refractivity contribution in [2.75, 3.05) is 0 Å². The zero-order chi connectivity index (χ0) is 15.9. The average Bonchev–Trinajstić information content (AvgIpc) is 2.85. The fourth-order valence-corrected chi connectivity index (χ4v) is 2.21. The predicted molar refractivity (Wildman–Crippen MR) is 70.4 cm³/mol. The molecule has 0 atom stereocenters. The number of aromatic carboxylic acids is 1. The van der Waals surface area contributed by atoms with E-state index in [2.05, 4.69) is 10.1 Å². The Hall–Kier alpha value is -2.90. The first kappa shape index (κ1) is 14.1. The van der Waals surface area contributed by atoms with Gasteiger partial charge >= 0.3 is 12.1 Å². The summed E-state index contributed by atoms with van der Waals surface area (Å²) in [6, 6.07) is 6.22. The van der Waals surface area contributed by atoms with Gasteiger partial charge in [0.05, 0.1) is 5.56 Å². The zero-order valence-corrected chi connectivity index (χ0v) is 10.9. The molecule has 1 N–H and O–H groups in total. The summed E-state index contributed by atoms with van der Waals surface area (Å²) in [5.74, 6) is -1.39. The molecular formula is C14H8F3N3O2. The predicted octanol–water partition coefficient (Wildman–Crippen LogP) is 3.11. The molecule has 1 aromatic carbocycles. The number of carboxylic acids is 1. The van der Waals surface area contributed by atoms with E-state index in [1.807, 2.05) is 0 Å². The summed E-state index contributed by atoms with van der Waals surface area (Å²) in [6.45, 7) is 0. The summed E-state index contributed by atoms with van der Waals surface area (Å²) in [7, 11) is 0. The van der Waals surface area contributed by atoms with Gasteiger partial charge in [0.25, 0.3) is 0 Å². The van der Waals surface area contributed by atoms with E-state index in [-0.39, 0.29) is 22.5 Å². The van der Waals surface area contributed by atoms with Crippen LogP contribution in [0.2, 0.25) is 0 Å². The van der Waals surface area contributed by atoms with Crippen molar-refractivity contribution in [1.29, 1.82) is 0 Å². The Kier molecular flexibility index (Phi) is 3.09. The number of hydrogen-bond donors (Lipinski definition) is 1. The van der Waals surface area contributed by atoms with Gasteiger partial charge in [0.2, 0.25) is 0 Å². The molecule has 0 radical (unpaired) electrons. The number of carbonyl (C=O) groups is 1. The highest BCUT2D eigenvalue weighted by Crippen LogP contribution is 2.38. The lowest BCUT2D eigenvalue weighted by atomic mass is 10.0. The fraction of sp³-hybridized carbons (Fsp3) is 0.0714. The molecule has 0 spiro atoms. The number of fused-ring (bicyclic) bond motifs is 1. The largest absolute Gasteiger partial charge is 0.477 e. The number of rotatable bonds is 2. The topological polar surface area (TPSA) is 67.5 Å². The van der Waals surface area contributed by atoms with Gasteiger partial charge in [0.15, 0.2) is 5.65 Å². The van der Waals surface area contributed by atoms with Gasteiger partial charge in [-0.3, -0.25) is 0 Å². The lowest BCUT2D eigenvalue weighted by molar-refractivity contribution is -0.137. The lowest BCUT2D eigenvalue weighted by Crippen LogP contribution is -2.08. The van der Waals surface area contributed by atoms with E-state index in [1.165, 1.54) is 36.7 Å². The minimum Gasteiger partial charge on any atom is -0.477 e. The van der Waals surface area contributed by atoms with E-state index in [0.717, 1.165) is 10.6 Å². The minimum atomic E-state index is -4.62. The molecule has 22 heavy (non-hydrogen) atoms. The molecule has 0 saturated heterocycles. The van der Waals surface area contributed by atoms with Crippen molar-refractivity contribution in [3.05, 3.63) is 53.9 Å². The summed E-state index contributed by atoms with van der Waals surface area (Å²) < 4.78 is 40.5. The minimum absolute atomic E-state index is 0.0121. The number of aromatic nitrogens is 3. The van der Waals surface area contributed by atoms with Crippen molar-refractivity contribution in [3.8, 4) is 11.3 Å². The molecule has 5 nitrogen and oxygen atoms in total. The Balaban J connectivity index is 2.37. The monoisotopic (exact) mass is 307 g/mol. The van der Waals surface area contributed by atoms with Gasteiger partial charge in [-0.05, 0) is 12.1 Å². The van der Waals surface area contributed by atoms with Crippen molar-refractivity contribution < 1.29 is 23.1 Å². The van der Waals surface area contributed by atoms with Crippen LogP contribution in [0.1, 0.15) is 15.9 Å². The van der Waals surface area contributed by atoms with Crippen LogP contribution in [0.15, 0.2) is 42.7 Å². The van der Waals surface area contributed by atoms with Gasteiger partial charge in [-0.25, -0.2) is 14.3 Å². The van der Waals surface area contributed by atoms with Crippen LogP contribution in [0.5, 0.6) is 0 Å². The number of hydrogen-bond acceptors (Lipinski definition) is 3. The Bertz CT molecular complexity index is 871. The van der Waals surface area contributed by atoms with Crippen LogP contribution in [-0.4, -0.2) is 25.7 Å². The lowest BCUT2D eigenvalue weighted by Gasteiger charge is -2.11. The van der Waals surface area contributed by atoms with Gasteiger partial charge in [-0.15, -0.1) is 0 Å². The van der Waals surface area contributed by atoms with Gasteiger partial charge < -0.3 is 5.11 Å². The van der Waals surface area contributed by atoms with Crippen LogP contribution in [0.25, 0.3) is 16.9 Å². The van der Waals surface area contributed by atoms with E-state index in [0.29, 0.717) is 0 Å². The molecule has 0 aliphatic heterocycles. The second-order valence-electron chi connectivity index (χ2n) is 4.46. The van der Waals surface area contributed by atoms with Gasteiger partial charge in [0, 0.05) is 18.0 Å². The van der Waals surface area contributed by atoms with E-state index in [9.17, 15) is 23.1 Å². The van der Waals surface area contributed by atoms with Crippen LogP contribution in [0.3, 0.4) is 0 Å². The maximum Gasteiger partial charge on any atom is 0.417 e. The molecule has 8 heteroatoms. The first-order valence-corrected chi connectivity index (χ1v) is 6.13. The van der Waals surface area contributed by atoms with E-state index in [4.69, 9.17) is 0 Å². The van der Waals surface area contributed by atoms with Crippen LogP contribution in [0, 0.1) is 0 Å². The van der Waals surface area contributed by atoms with Crippen molar-refractivity contribution in [1.82, 2.24) is 14.6 Å². The summed E-state index contributed by atoms with van der Waals surface area (Å²) in [6.07, 6.45) is -1.84. The fourth-order valence-electron chi connectivity index (χ4n) is 2.21. The third-order valence-corrected chi connectivity index (χ3v) is 3.10. The summed E-state index contributed by atoms with van der Waals surface area (Å²) in [5, 5.41) is 13.3. The molecule has 0 bridgehead atoms. The molecule has 0 saturated carbocycles. The molecule has 0 unspecified atom stereocenters. The highest BCUT2D eigenvalue weighted by atomic mass is 19.4. The van der Waals surface area contributed by atoms with Crippen LogP contribution in [-0.2, 0) is 6.18 Å². The SMILES string of the molecule is O=C(O)c1c(-c2ccccc2C(F)(F)F)nn2cccnc12. The normalized spacial score (nSPS) is 11.8. The van der Waals surface area contributed by atoms with Gasteiger partial charge in [-0.2, -0.15) is 18.3 Å². The summed E-state index contributed by atoms with van der Waals surface area (Å²) in [5.41, 5.74) is -1.88. The maximum absolute atomic E-state index is 13.1. The van der Waals surface area contributed by atoms with E-state index >= 15 is 0 Å². The highest BCUT2D eigenvalue weighted by molar-refractivity contribution is 6.01. The van der Waals surface area contributed by atoms with E-state index in [1.54, 1.807) is 0 Å². The van der Waals surface area contributed by atoms with Crippen LogP contribution < -0.4 is 0 Å². The number of benzene rings is 1. The average molecular weight is 307 g/mol. The summed E-state index contributed by atoms with van der Waals surface area (Å²) in [4.78, 5) is 15.3. The number of carboxylic acid groups (broad SMARTS) is 1. The first-order valence-electron chi connectivity index (χ1n) is 6.13. The molecule has 0 aliphatic carbocycles. The summed E-state index contributed by atoms with van der Waals surface area (Å²) >= 11 is 0. The molecule has 3 rings (SSSR count). The van der Waals surface area contributed by atoms with Gasteiger partial charge in [0.1, 0.15) is 11.3 Å². The van der Waals surface area contributed by atoms with Crippen molar-refractivity contribution in [2.24, 2.45) is 0 Å². The molecular weight excluding hydrogens is 299 g/mol. The molecule has 3 aromatic rings. The van der Waals surface area contributed by atoms with E-state index < -0.39 is 17.7 Å². The Morgan fingerprint density at radius 2 is 1.91 bits per heavy atom. The van der Waals surface area contributed by atoms with Gasteiger partial charge in [-0.1, -0.05) is 18.2 Å². The quantitative estimate of drug-likeness (QED) is 0.790. The Morgan fingerprint density at radius 1 is 1.18 bits per heavy atom. The zero-order valence-electron chi connectivity index (χ0n) is 10.9. The molecule has 2 aromatic heterocycles. The second-order valence-corrected chi connectivity index (χ2v) is 4.46. The van der Waals surface area contributed by atoms with Crippen LogP contribution in [0.4, 0.5) is 13.2 Å². The maximum atomic E-state index is 13.1. The third-order valence-electron chi connectivity index (χ3n) is 3.10. The Labute approximate surface area is 121 Å². The van der Waals surface area contributed by atoms with Crippen molar-refractivity contribution in [3.63, 3.8) is 0 Å². The smallest absolute Gasteiger partial charge is 0.417 e. The van der Waals surface area contributed by atoms with Crippen molar-refractivity contribution in [2.45, 2.75) is 6.18 Å².